The number of hydrogen-bond acceptors (Lipinski definition) is 5. The van der Waals surface area contributed by atoms with Crippen LogP contribution in [0, 0.1) is 25.2 Å². The Hall–Kier alpha value is -2.78. The van der Waals surface area contributed by atoms with Crippen LogP contribution >= 0.6 is 11.6 Å². The molecule has 1 saturated carbocycles. The quantitative estimate of drug-likeness (QED) is 0.763. The summed E-state index contributed by atoms with van der Waals surface area (Å²) < 4.78 is 6.75. The van der Waals surface area contributed by atoms with Crippen molar-refractivity contribution in [3.05, 3.63) is 55.8 Å². The summed E-state index contributed by atoms with van der Waals surface area (Å²) in [7, 11) is 0. The summed E-state index contributed by atoms with van der Waals surface area (Å²) in [5.41, 5.74) is 0.298. The highest BCUT2D eigenvalue weighted by Crippen LogP contribution is 2.34. The zero-order valence-electron chi connectivity index (χ0n) is 15.8. The second-order valence-corrected chi connectivity index (χ2v) is 7.45. The molecular formula is C21H21ClN2O4. The number of pyridine rings is 1. The molecule has 1 fully saturated rings. The molecule has 0 atom stereocenters. The van der Waals surface area contributed by atoms with Crippen molar-refractivity contribution in [3.8, 4) is 17.7 Å². The molecule has 6 nitrogen and oxygen atoms in total. The second kappa shape index (κ2) is 8.07. The zero-order chi connectivity index (χ0) is 20.4. The first kappa shape index (κ1) is 20.0. The third-order valence-electron chi connectivity index (χ3n) is 5.21. The molecular weight excluding hydrogens is 380 g/mol. The Morgan fingerprint density at radius 2 is 2.04 bits per heavy atom. The average molecular weight is 401 g/mol. The predicted octanol–water partition coefficient (Wildman–Crippen LogP) is 4.07. The minimum atomic E-state index is -0.546. The van der Waals surface area contributed by atoms with Gasteiger partial charge in [0.1, 0.15) is 17.4 Å². The van der Waals surface area contributed by atoms with Crippen LogP contribution in [0.1, 0.15) is 58.8 Å². The van der Waals surface area contributed by atoms with Gasteiger partial charge in [0.2, 0.25) is 11.7 Å². The molecule has 146 valence electrons. The molecule has 0 radical (unpaired) electrons. The van der Waals surface area contributed by atoms with Crippen LogP contribution in [-0.4, -0.2) is 22.1 Å². The highest BCUT2D eigenvalue weighted by molar-refractivity contribution is 6.31. The Morgan fingerprint density at radius 3 is 2.64 bits per heavy atom. The van der Waals surface area contributed by atoms with Gasteiger partial charge < -0.3 is 9.84 Å². The van der Waals surface area contributed by atoms with Crippen LogP contribution in [0.5, 0.6) is 11.6 Å². The largest absolute Gasteiger partial charge is 0.494 e. The van der Waals surface area contributed by atoms with Crippen molar-refractivity contribution in [3.63, 3.8) is 0 Å². The molecule has 1 aliphatic carbocycles. The van der Waals surface area contributed by atoms with Gasteiger partial charge in [-0.25, -0.2) is 0 Å². The minimum absolute atomic E-state index is 0.0336. The summed E-state index contributed by atoms with van der Waals surface area (Å²) in [6.45, 7) is 2.99. The average Bonchev–Trinajstić information content (AvgIpc) is 3.17. The van der Waals surface area contributed by atoms with E-state index in [1.54, 1.807) is 18.2 Å². The maximum absolute atomic E-state index is 12.8. The number of nitrogens with zero attached hydrogens (tertiary/aromatic N) is 2. The molecule has 1 heterocycles. The number of aryl methyl sites for hydroxylation is 1. The Kier molecular flexibility index (Phi) is 5.76. The molecule has 28 heavy (non-hydrogen) atoms. The number of aromatic hydroxyl groups is 1. The predicted molar refractivity (Wildman–Crippen MR) is 105 cm³/mol. The van der Waals surface area contributed by atoms with Crippen molar-refractivity contribution >= 4 is 17.4 Å². The zero-order valence-corrected chi connectivity index (χ0v) is 16.5. The summed E-state index contributed by atoms with van der Waals surface area (Å²) in [5.74, 6) is -0.405. The third-order valence-corrected chi connectivity index (χ3v) is 5.64. The first-order valence-electron chi connectivity index (χ1n) is 9.15. The number of carbonyl (C=O) groups excluding carboxylic acids is 1. The molecule has 0 spiro atoms. The number of Topliss-reactive ketones (excluding diaryl/α,β-unsaturated/α-hetero) is 1. The molecule has 1 aromatic carbocycles. The minimum Gasteiger partial charge on any atom is -0.494 e. The maximum atomic E-state index is 12.8. The number of rotatable bonds is 5. The van der Waals surface area contributed by atoms with Gasteiger partial charge in [-0.15, -0.1) is 0 Å². The molecule has 7 heteroatoms. The van der Waals surface area contributed by atoms with Crippen LogP contribution in [0.15, 0.2) is 23.0 Å². The smallest absolute Gasteiger partial charge is 0.271 e. The van der Waals surface area contributed by atoms with Crippen molar-refractivity contribution in [2.24, 2.45) is 0 Å². The van der Waals surface area contributed by atoms with Gasteiger partial charge in [-0.2, -0.15) is 5.26 Å². The van der Waals surface area contributed by atoms with Gasteiger partial charge in [0.15, 0.2) is 6.61 Å². The SMILES string of the molecule is Cc1cc(OCC(=O)c2c(C)c(C#N)c(=O)n(C3CCCC3)c2O)ccc1Cl. The molecule has 0 unspecified atom stereocenters. The fraction of sp³-hybridized carbons (Fsp3) is 0.381. The van der Waals surface area contributed by atoms with Gasteiger partial charge in [0.25, 0.3) is 5.56 Å². The first-order valence-corrected chi connectivity index (χ1v) is 9.53. The van der Waals surface area contributed by atoms with E-state index in [2.05, 4.69) is 0 Å². The Balaban J connectivity index is 1.96. The van der Waals surface area contributed by atoms with E-state index in [9.17, 15) is 20.0 Å². The lowest BCUT2D eigenvalue weighted by Gasteiger charge is -2.20. The van der Waals surface area contributed by atoms with E-state index in [1.807, 2.05) is 13.0 Å². The van der Waals surface area contributed by atoms with Gasteiger partial charge in [0, 0.05) is 11.1 Å². The third kappa shape index (κ3) is 3.63. The van der Waals surface area contributed by atoms with Crippen molar-refractivity contribution in [1.82, 2.24) is 4.57 Å². The van der Waals surface area contributed by atoms with Gasteiger partial charge >= 0.3 is 0 Å². The standard InChI is InChI=1S/C21H21ClN2O4/c1-12-9-15(7-8-17(12)22)28-11-18(25)19-13(2)16(10-23)20(26)24(21(19)27)14-5-3-4-6-14/h7-9,14,27H,3-6,11H2,1-2H3. The van der Waals surface area contributed by atoms with Gasteiger partial charge in [0.05, 0.1) is 5.56 Å². The van der Waals surface area contributed by atoms with Gasteiger partial charge in [-0.3, -0.25) is 14.2 Å². The lowest BCUT2D eigenvalue weighted by Crippen LogP contribution is -2.29. The lowest BCUT2D eigenvalue weighted by atomic mass is 10.0. The van der Waals surface area contributed by atoms with E-state index in [-0.39, 0.29) is 35.2 Å². The highest BCUT2D eigenvalue weighted by Gasteiger charge is 2.29. The fourth-order valence-corrected chi connectivity index (χ4v) is 3.80. The van der Waals surface area contributed by atoms with Crippen molar-refractivity contribution < 1.29 is 14.6 Å². The number of hydrogen-bond donors (Lipinski definition) is 1. The Bertz CT molecular complexity index is 1030. The van der Waals surface area contributed by atoms with Crippen LogP contribution in [0.25, 0.3) is 0 Å². The number of halogens is 1. The monoisotopic (exact) mass is 400 g/mol. The van der Waals surface area contributed by atoms with Crippen LogP contribution in [0.4, 0.5) is 0 Å². The topological polar surface area (TPSA) is 92.3 Å². The summed E-state index contributed by atoms with van der Waals surface area (Å²) in [6.07, 6.45) is 3.34. The Morgan fingerprint density at radius 1 is 1.36 bits per heavy atom. The molecule has 3 rings (SSSR count). The van der Waals surface area contributed by atoms with E-state index in [4.69, 9.17) is 16.3 Å². The van der Waals surface area contributed by atoms with Gasteiger partial charge in [-0.1, -0.05) is 24.4 Å². The first-order chi connectivity index (χ1) is 13.3. The van der Waals surface area contributed by atoms with E-state index < -0.39 is 11.3 Å². The lowest BCUT2D eigenvalue weighted by molar-refractivity contribution is 0.0916. The molecule has 0 saturated heterocycles. The summed E-state index contributed by atoms with van der Waals surface area (Å²) in [6, 6.07) is 6.72. The number of carbonyl (C=O) groups is 1. The molecule has 1 aliphatic rings. The molecule has 0 aliphatic heterocycles. The Labute approximate surface area is 167 Å². The van der Waals surface area contributed by atoms with Crippen LogP contribution < -0.4 is 10.3 Å². The fourth-order valence-electron chi connectivity index (χ4n) is 3.68. The van der Waals surface area contributed by atoms with Crippen molar-refractivity contribution in [2.75, 3.05) is 6.61 Å². The van der Waals surface area contributed by atoms with E-state index >= 15 is 0 Å². The summed E-state index contributed by atoms with van der Waals surface area (Å²) in [5, 5.41) is 20.8. The molecule has 2 aromatic rings. The molecule has 0 amide bonds. The summed E-state index contributed by atoms with van der Waals surface area (Å²) in [4.78, 5) is 25.5. The van der Waals surface area contributed by atoms with Crippen LogP contribution in [0.2, 0.25) is 5.02 Å². The summed E-state index contributed by atoms with van der Waals surface area (Å²) >= 11 is 5.99. The van der Waals surface area contributed by atoms with Crippen molar-refractivity contribution in [2.45, 2.75) is 45.6 Å². The van der Waals surface area contributed by atoms with E-state index in [0.717, 1.165) is 31.2 Å². The number of nitriles is 1. The number of ketones is 1. The molecule has 1 aromatic heterocycles. The second-order valence-electron chi connectivity index (χ2n) is 7.05. The highest BCUT2D eigenvalue weighted by atomic mass is 35.5. The maximum Gasteiger partial charge on any atom is 0.271 e. The number of aromatic nitrogens is 1. The van der Waals surface area contributed by atoms with Crippen molar-refractivity contribution in [1.29, 1.82) is 5.26 Å². The van der Waals surface area contributed by atoms with E-state index in [1.165, 1.54) is 11.5 Å². The van der Waals surface area contributed by atoms with E-state index in [0.29, 0.717) is 10.8 Å². The normalized spacial score (nSPS) is 14.1. The molecule has 0 bridgehead atoms. The number of benzene rings is 1. The van der Waals surface area contributed by atoms with Gasteiger partial charge in [-0.05, 0) is 56.0 Å². The molecule has 1 N–H and O–H groups in total. The van der Waals surface area contributed by atoms with Crippen LogP contribution in [-0.2, 0) is 0 Å². The van der Waals surface area contributed by atoms with Crippen LogP contribution in [0.3, 0.4) is 0 Å². The number of ether oxygens (including phenoxy) is 1.